The second kappa shape index (κ2) is 8.46. The Balaban J connectivity index is 2.04. The van der Waals surface area contributed by atoms with Gasteiger partial charge in [0.2, 0.25) is 0 Å². The molecule has 15 heteroatoms. The molecule has 0 fully saturated rings. The van der Waals surface area contributed by atoms with Crippen molar-refractivity contribution >= 4 is 37.6 Å². The number of carbonyl (C=O) groups excluding carboxylic acids is 1. The number of azo groups is 1. The van der Waals surface area contributed by atoms with E-state index in [1.165, 1.54) is 24.3 Å². The van der Waals surface area contributed by atoms with E-state index in [1.54, 1.807) is 0 Å². The van der Waals surface area contributed by atoms with Crippen LogP contribution in [0.15, 0.2) is 73.3 Å². The molecule has 0 radical (unpaired) electrons. The summed E-state index contributed by atoms with van der Waals surface area (Å²) in [5.74, 6) is -0.939. The molecule has 0 bridgehead atoms. The Labute approximate surface area is 180 Å². The van der Waals surface area contributed by atoms with Crippen molar-refractivity contribution in [2.75, 3.05) is 7.11 Å². The Hall–Kier alpha value is -3.66. The number of aromatic amines is 1. The number of ether oxygens (including phenoxy) is 1. The van der Waals surface area contributed by atoms with Gasteiger partial charge >= 0.3 is 5.97 Å². The number of esters is 1. The lowest BCUT2D eigenvalue weighted by Gasteiger charge is -2.02. The fraction of sp³-hybridized carbons (Fsp3) is 0.0588. The summed E-state index contributed by atoms with van der Waals surface area (Å²) in [4.78, 5) is 24.1. The Morgan fingerprint density at radius 2 is 1.41 bits per heavy atom. The van der Waals surface area contributed by atoms with E-state index in [2.05, 4.69) is 20.1 Å². The second-order valence-corrected chi connectivity index (χ2v) is 8.95. The Morgan fingerprint density at radius 1 is 0.906 bits per heavy atom. The minimum absolute atomic E-state index is 0.109. The van der Waals surface area contributed by atoms with Crippen molar-refractivity contribution in [3.05, 3.63) is 64.6 Å². The summed E-state index contributed by atoms with van der Waals surface area (Å²) in [7, 11) is -7.76. The maximum Gasteiger partial charge on any atom is 0.358 e. The quantitative estimate of drug-likeness (QED) is 0.266. The molecule has 0 saturated carbocycles. The lowest BCUT2D eigenvalue weighted by molar-refractivity contribution is 0.0594. The lowest BCUT2D eigenvalue weighted by atomic mass is 10.3. The zero-order valence-corrected chi connectivity index (χ0v) is 17.7. The van der Waals surface area contributed by atoms with Crippen molar-refractivity contribution in [2.24, 2.45) is 10.2 Å². The first-order valence-corrected chi connectivity index (χ1v) is 11.3. The highest BCUT2D eigenvalue weighted by Crippen LogP contribution is 2.22. The molecule has 0 saturated heterocycles. The smallest absolute Gasteiger partial charge is 0.358 e. The number of hydrogen-bond donors (Lipinski definition) is 3. The number of aromatic nitrogens is 2. The number of hydrogen-bond acceptors (Lipinski definition) is 9. The van der Waals surface area contributed by atoms with Gasteiger partial charge in [-0.15, -0.1) is 5.11 Å². The lowest BCUT2D eigenvalue weighted by Crippen LogP contribution is -2.14. The molecule has 2 aromatic carbocycles. The molecule has 0 aliphatic rings. The maximum atomic E-state index is 12.8. The van der Waals surface area contributed by atoms with Crippen molar-refractivity contribution in [1.82, 2.24) is 9.78 Å². The third-order valence-corrected chi connectivity index (χ3v) is 5.78. The number of rotatable bonds is 6. The van der Waals surface area contributed by atoms with Crippen LogP contribution in [0.2, 0.25) is 0 Å². The van der Waals surface area contributed by atoms with Crippen LogP contribution in [0, 0.1) is 0 Å². The maximum absolute atomic E-state index is 12.8. The van der Waals surface area contributed by atoms with Gasteiger partial charge in [-0.05, 0) is 48.5 Å². The molecular weight excluding hydrogens is 468 g/mol. The highest BCUT2D eigenvalue weighted by molar-refractivity contribution is 7.86. The minimum Gasteiger partial charge on any atom is -0.464 e. The Kier molecular flexibility index (Phi) is 6.09. The summed E-state index contributed by atoms with van der Waals surface area (Å²) in [6, 6.07) is 9.07. The van der Waals surface area contributed by atoms with Crippen LogP contribution in [0.25, 0.3) is 5.69 Å². The number of nitrogens with one attached hydrogen (secondary N) is 1. The van der Waals surface area contributed by atoms with Gasteiger partial charge in [0.25, 0.3) is 25.8 Å². The van der Waals surface area contributed by atoms with Crippen molar-refractivity contribution < 1.29 is 35.5 Å². The van der Waals surface area contributed by atoms with Crippen LogP contribution in [0.3, 0.4) is 0 Å². The molecule has 13 nitrogen and oxygen atoms in total. The van der Waals surface area contributed by atoms with E-state index in [9.17, 15) is 26.4 Å². The van der Waals surface area contributed by atoms with Gasteiger partial charge in [0.1, 0.15) is 0 Å². The number of carbonyl (C=O) groups is 1. The van der Waals surface area contributed by atoms with E-state index in [1.807, 2.05) is 0 Å². The Bertz CT molecular complexity index is 1470. The van der Waals surface area contributed by atoms with Crippen LogP contribution in [0.1, 0.15) is 10.5 Å². The first-order chi connectivity index (χ1) is 14.9. The van der Waals surface area contributed by atoms with Gasteiger partial charge in [-0.1, -0.05) is 0 Å². The zero-order valence-electron chi connectivity index (χ0n) is 16.0. The second-order valence-electron chi connectivity index (χ2n) is 6.11. The normalized spacial score (nSPS) is 12.2. The van der Waals surface area contributed by atoms with Crippen LogP contribution >= 0.6 is 0 Å². The van der Waals surface area contributed by atoms with E-state index in [-0.39, 0.29) is 22.0 Å². The Morgan fingerprint density at radius 3 is 1.88 bits per heavy atom. The monoisotopic (exact) mass is 482 g/mol. The van der Waals surface area contributed by atoms with Crippen LogP contribution in [-0.4, -0.2) is 48.8 Å². The molecule has 1 heterocycles. The molecule has 0 spiro atoms. The van der Waals surface area contributed by atoms with Crippen molar-refractivity contribution in [2.45, 2.75) is 9.79 Å². The standard InChI is InChI=1S/C17H14N4O9S2/c1-30-17(23)15-14(19-18-10-2-6-12(7-3-10)31(24,25)26)16(22)21(20-15)11-4-8-13(9-5-11)32(27,28)29/h2-9,20H,1H3,(H,24,25,26)(H,27,28,29). The van der Waals surface area contributed by atoms with Crippen LogP contribution in [0.5, 0.6) is 0 Å². The molecule has 168 valence electrons. The van der Waals surface area contributed by atoms with E-state index in [0.29, 0.717) is 0 Å². The van der Waals surface area contributed by atoms with Gasteiger partial charge in [-0.2, -0.15) is 21.9 Å². The topological polar surface area (TPSA) is 198 Å². The summed E-state index contributed by atoms with van der Waals surface area (Å²) in [6.45, 7) is 0. The van der Waals surface area contributed by atoms with Crippen molar-refractivity contribution in [1.29, 1.82) is 0 Å². The van der Waals surface area contributed by atoms with Gasteiger partial charge in [0.15, 0.2) is 11.4 Å². The predicted octanol–water partition coefficient (Wildman–Crippen LogP) is 1.86. The zero-order chi connectivity index (χ0) is 23.7. The molecule has 0 atom stereocenters. The van der Waals surface area contributed by atoms with E-state index in [0.717, 1.165) is 36.1 Å². The van der Waals surface area contributed by atoms with Gasteiger partial charge in [-0.3, -0.25) is 19.0 Å². The largest absolute Gasteiger partial charge is 0.464 e. The number of nitrogens with zero attached hydrogens (tertiary/aromatic N) is 3. The molecule has 3 aromatic rings. The molecule has 0 amide bonds. The fourth-order valence-electron chi connectivity index (χ4n) is 2.51. The molecule has 1 aromatic heterocycles. The molecule has 32 heavy (non-hydrogen) atoms. The van der Waals surface area contributed by atoms with Gasteiger partial charge in [0, 0.05) is 0 Å². The van der Waals surface area contributed by atoms with Crippen LogP contribution < -0.4 is 5.56 Å². The number of benzene rings is 2. The van der Waals surface area contributed by atoms with E-state index >= 15 is 0 Å². The first-order valence-electron chi connectivity index (χ1n) is 8.42. The minimum atomic E-state index is -4.44. The van der Waals surface area contributed by atoms with E-state index in [4.69, 9.17) is 9.11 Å². The molecule has 0 aliphatic carbocycles. The summed E-state index contributed by atoms with van der Waals surface area (Å²) < 4.78 is 68.1. The molecule has 0 aliphatic heterocycles. The van der Waals surface area contributed by atoms with E-state index < -0.39 is 42.3 Å². The molecule has 3 N–H and O–H groups in total. The van der Waals surface area contributed by atoms with Crippen LogP contribution in [-0.2, 0) is 25.0 Å². The summed E-state index contributed by atoms with van der Waals surface area (Å²) >= 11 is 0. The average Bonchev–Trinajstić information content (AvgIpc) is 3.07. The number of H-pyrrole nitrogens is 1. The highest BCUT2D eigenvalue weighted by Gasteiger charge is 2.22. The van der Waals surface area contributed by atoms with Crippen LogP contribution in [0.4, 0.5) is 11.4 Å². The summed E-state index contributed by atoms with van der Waals surface area (Å²) in [5.41, 5.74) is -1.39. The van der Waals surface area contributed by atoms with Crippen molar-refractivity contribution in [3.8, 4) is 5.69 Å². The first kappa shape index (κ1) is 23.0. The summed E-state index contributed by atoms with van der Waals surface area (Å²) in [5, 5.41) is 10.0. The third-order valence-electron chi connectivity index (χ3n) is 4.05. The SMILES string of the molecule is COC(=O)c1[nH]n(-c2ccc(S(=O)(=O)O)cc2)c(=O)c1N=Nc1ccc(S(=O)(=O)O)cc1. The number of methoxy groups -OCH3 is 1. The predicted molar refractivity (Wildman–Crippen MR) is 108 cm³/mol. The molecular formula is C17H14N4O9S2. The van der Waals surface area contributed by atoms with Gasteiger partial charge < -0.3 is 4.74 Å². The molecule has 3 rings (SSSR count). The highest BCUT2D eigenvalue weighted by atomic mass is 32.2. The van der Waals surface area contributed by atoms with Gasteiger partial charge in [0.05, 0.1) is 28.3 Å². The fourth-order valence-corrected chi connectivity index (χ4v) is 3.47. The summed E-state index contributed by atoms with van der Waals surface area (Å²) in [6.07, 6.45) is 0. The third kappa shape index (κ3) is 4.80. The molecule has 0 unspecified atom stereocenters. The average molecular weight is 482 g/mol. The van der Waals surface area contributed by atoms with Crippen molar-refractivity contribution in [3.63, 3.8) is 0 Å². The van der Waals surface area contributed by atoms with Gasteiger partial charge in [-0.25, -0.2) is 9.48 Å².